The van der Waals surface area contributed by atoms with Crippen molar-refractivity contribution in [1.29, 1.82) is 0 Å². The number of halogens is 3. The Morgan fingerprint density at radius 1 is 0.793 bits per heavy atom. The predicted molar refractivity (Wildman–Crippen MR) is 97.7 cm³/mol. The van der Waals surface area contributed by atoms with E-state index in [0.29, 0.717) is 17.6 Å². The Morgan fingerprint density at radius 2 is 1.31 bits per heavy atom. The van der Waals surface area contributed by atoms with E-state index in [1.165, 1.54) is 24.0 Å². The van der Waals surface area contributed by atoms with Crippen molar-refractivity contribution in [2.75, 3.05) is 40.4 Å². The zero-order chi connectivity index (χ0) is 21.1. The van der Waals surface area contributed by atoms with Gasteiger partial charge in [-0.05, 0) is 24.3 Å². The molecule has 29 heavy (non-hydrogen) atoms. The van der Waals surface area contributed by atoms with E-state index in [-0.39, 0.29) is 37.6 Å². The van der Waals surface area contributed by atoms with Gasteiger partial charge in [-0.2, -0.15) is 0 Å². The van der Waals surface area contributed by atoms with Crippen LogP contribution in [0, 0.1) is 17.5 Å². The van der Waals surface area contributed by atoms with Gasteiger partial charge < -0.3 is 19.3 Å². The fraction of sp³-hybridized carbons (Fsp3) is 0.300. The molecule has 0 N–H and O–H groups in total. The van der Waals surface area contributed by atoms with Crippen molar-refractivity contribution in [2.24, 2.45) is 0 Å². The third-order valence-electron chi connectivity index (χ3n) is 4.76. The maximum atomic E-state index is 13.9. The molecule has 0 spiro atoms. The van der Waals surface area contributed by atoms with Crippen molar-refractivity contribution < 1.29 is 32.2 Å². The van der Waals surface area contributed by atoms with Crippen LogP contribution < -0.4 is 9.47 Å². The van der Waals surface area contributed by atoms with E-state index in [1.54, 1.807) is 18.2 Å². The van der Waals surface area contributed by atoms with Crippen LogP contribution >= 0.6 is 0 Å². The van der Waals surface area contributed by atoms with Crippen molar-refractivity contribution in [3.8, 4) is 11.5 Å². The summed E-state index contributed by atoms with van der Waals surface area (Å²) in [6.45, 7) is 0.578. The summed E-state index contributed by atoms with van der Waals surface area (Å²) in [6.07, 6.45) is 0. The second-order valence-electron chi connectivity index (χ2n) is 6.34. The molecule has 154 valence electrons. The molecule has 2 aromatic carbocycles. The number of ether oxygens (including phenoxy) is 2. The van der Waals surface area contributed by atoms with Gasteiger partial charge in [0.2, 0.25) is 0 Å². The number of rotatable bonds is 4. The molecule has 1 saturated heterocycles. The van der Waals surface area contributed by atoms with Crippen LogP contribution in [0.3, 0.4) is 0 Å². The van der Waals surface area contributed by atoms with Crippen LogP contribution in [0.5, 0.6) is 11.5 Å². The maximum Gasteiger partial charge on any atom is 0.261 e. The first-order valence-electron chi connectivity index (χ1n) is 8.82. The van der Waals surface area contributed by atoms with Gasteiger partial charge in [-0.3, -0.25) is 9.59 Å². The van der Waals surface area contributed by atoms with Crippen LogP contribution in [0.2, 0.25) is 0 Å². The van der Waals surface area contributed by atoms with Crippen LogP contribution in [-0.4, -0.2) is 62.0 Å². The van der Waals surface area contributed by atoms with Crippen LogP contribution in [0.1, 0.15) is 20.7 Å². The van der Waals surface area contributed by atoms with E-state index in [4.69, 9.17) is 9.47 Å². The van der Waals surface area contributed by atoms with Crippen LogP contribution in [0.25, 0.3) is 0 Å². The topological polar surface area (TPSA) is 59.1 Å². The highest BCUT2D eigenvalue weighted by Gasteiger charge is 2.30. The Kier molecular flexibility index (Phi) is 5.95. The second kappa shape index (κ2) is 8.42. The Morgan fingerprint density at radius 3 is 1.83 bits per heavy atom. The van der Waals surface area contributed by atoms with Crippen LogP contribution in [-0.2, 0) is 0 Å². The highest BCUT2D eigenvalue weighted by atomic mass is 19.2. The average molecular weight is 408 g/mol. The van der Waals surface area contributed by atoms with Gasteiger partial charge in [0.05, 0.1) is 19.8 Å². The minimum absolute atomic E-state index is 0.112. The van der Waals surface area contributed by atoms with Crippen molar-refractivity contribution in [3.05, 3.63) is 58.9 Å². The standard InChI is InChI=1S/C20H19F3N2O4/c1-28-14-4-3-5-15(29-2)16(14)20(27)25-10-8-24(9-11-25)19(26)12-6-7-13(21)18(23)17(12)22/h3-7H,8-11H2,1-2H3. The molecule has 0 bridgehead atoms. The molecule has 1 aliphatic heterocycles. The van der Waals surface area contributed by atoms with Crippen LogP contribution in [0.4, 0.5) is 13.2 Å². The first kappa shape index (κ1) is 20.5. The largest absolute Gasteiger partial charge is 0.496 e. The van der Waals surface area contributed by atoms with E-state index in [0.717, 1.165) is 6.07 Å². The average Bonchev–Trinajstić information content (AvgIpc) is 2.76. The van der Waals surface area contributed by atoms with Gasteiger partial charge in [-0.25, -0.2) is 13.2 Å². The molecule has 1 heterocycles. The lowest BCUT2D eigenvalue weighted by molar-refractivity contribution is 0.0528. The third kappa shape index (κ3) is 3.85. The predicted octanol–water partition coefficient (Wildman–Crippen LogP) is 2.72. The number of hydrogen-bond acceptors (Lipinski definition) is 4. The van der Waals surface area contributed by atoms with E-state index in [9.17, 15) is 22.8 Å². The third-order valence-corrected chi connectivity index (χ3v) is 4.76. The Balaban J connectivity index is 1.74. The molecule has 9 heteroatoms. The summed E-state index contributed by atoms with van der Waals surface area (Å²) in [5.41, 5.74) is -0.279. The zero-order valence-corrected chi connectivity index (χ0v) is 15.9. The molecule has 0 atom stereocenters. The fourth-order valence-corrected chi connectivity index (χ4v) is 3.19. The first-order valence-corrected chi connectivity index (χ1v) is 8.82. The molecular formula is C20H19F3N2O4. The Bertz CT molecular complexity index is 921. The highest BCUT2D eigenvalue weighted by Crippen LogP contribution is 2.30. The number of hydrogen-bond donors (Lipinski definition) is 0. The van der Waals surface area contributed by atoms with Gasteiger partial charge in [0.15, 0.2) is 17.5 Å². The molecule has 0 unspecified atom stereocenters. The quantitative estimate of drug-likeness (QED) is 0.730. The van der Waals surface area contributed by atoms with E-state index >= 15 is 0 Å². The minimum Gasteiger partial charge on any atom is -0.496 e. The van der Waals surface area contributed by atoms with Crippen LogP contribution in [0.15, 0.2) is 30.3 Å². The number of carbonyl (C=O) groups is 2. The number of piperazine rings is 1. The molecule has 1 aliphatic rings. The normalized spacial score (nSPS) is 14.0. The SMILES string of the molecule is COc1cccc(OC)c1C(=O)N1CCN(C(=O)c2ccc(F)c(F)c2F)CC1. The molecule has 6 nitrogen and oxygen atoms in total. The number of amides is 2. The van der Waals surface area contributed by atoms with Gasteiger partial charge in [-0.15, -0.1) is 0 Å². The highest BCUT2D eigenvalue weighted by molar-refractivity contribution is 6.00. The van der Waals surface area contributed by atoms with Gasteiger partial charge >= 0.3 is 0 Å². The van der Waals surface area contributed by atoms with Crippen molar-refractivity contribution >= 4 is 11.8 Å². The molecule has 1 fully saturated rings. The molecule has 3 rings (SSSR count). The minimum atomic E-state index is -1.69. The molecule has 0 radical (unpaired) electrons. The van der Waals surface area contributed by atoms with Crippen molar-refractivity contribution in [1.82, 2.24) is 9.80 Å². The zero-order valence-electron chi connectivity index (χ0n) is 15.9. The summed E-state index contributed by atoms with van der Waals surface area (Å²) < 4.78 is 50.9. The summed E-state index contributed by atoms with van der Waals surface area (Å²) in [5.74, 6) is -4.94. The maximum absolute atomic E-state index is 13.9. The van der Waals surface area contributed by atoms with Gasteiger partial charge in [0, 0.05) is 26.2 Å². The molecular weight excluding hydrogens is 389 g/mol. The van der Waals surface area contributed by atoms with Crippen molar-refractivity contribution in [2.45, 2.75) is 0 Å². The monoisotopic (exact) mass is 408 g/mol. The Labute approximate surface area is 165 Å². The lowest BCUT2D eigenvalue weighted by atomic mass is 10.1. The second-order valence-corrected chi connectivity index (χ2v) is 6.34. The van der Waals surface area contributed by atoms with Crippen molar-refractivity contribution in [3.63, 3.8) is 0 Å². The number of nitrogens with zero attached hydrogens (tertiary/aromatic N) is 2. The Hall–Kier alpha value is -3.23. The van der Waals surface area contributed by atoms with Gasteiger partial charge in [0.1, 0.15) is 17.1 Å². The number of carbonyl (C=O) groups excluding carboxylic acids is 2. The summed E-state index contributed by atoms with van der Waals surface area (Å²) in [7, 11) is 2.89. The summed E-state index contributed by atoms with van der Waals surface area (Å²) in [4.78, 5) is 28.2. The van der Waals surface area contributed by atoms with E-state index in [1.807, 2.05) is 0 Å². The van der Waals surface area contributed by atoms with E-state index < -0.39 is 28.9 Å². The molecule has 0 aromatic heterocycles. The van der Waals surface area contributed by atoms with E-state index in [2.05, 4.69) is 0 Å². The van der Waals surface area contributed by atoms with Gasteiger partial charge in [0.25, 0.3) is 11.8 Å². The van der Waals surface area contributed by atoms with Gasteiger partial charge in [-0.1, -0.05) is 6.07 Å². The first-order chi connectivity index (χ1) is 13.9. The smallest absolute Gasteiger partial charge is 0.261 e. The number of benzene rings is 2. The summed E-state index contributed by atoms with van der Waals surface area (Å²) >= 11 is 0. The number of methoxy groups -OCH3 is 2. The lowest BCUT2D eigenvalue weighted by Gasteiger charge is -2.35. The molecule has 0 saturated carbocycles. The molecule has 2 aromatic rings. The fourth-order valence-electron chi connectivity index (χ4n) is 3.19. The summed E-state index contributed by atoms with van der Waals surface area (Å²) in [5, 5.41) is 0. The lowest BCUT2D eigenvalue weighted by Crippen LogP contribution is -2.50. The summed E-state index contributed by atoms with van der Waals surface area (Å²) in [6, 6.07) is 6.59. The molecule has 2 amide bonds. The molecule has 0 aliphatic carbocycles.